The van der Waals surface area contributed by atoms with Gasteiger partial charge in [0.15, 0.2) is 9.84 Å². The zero-order chi connectivity index (χ0) is 21.9. The van der Waals surface area contributed by atoms with Crippen LogP contribution in [0.4, 0.5) is 4.79 Å². The van der Waals surface area contributed by atoms with E-state index in [1.807, 2.05) is 19.9 Å². The van der Waals surface area contributed by atoms with Crippen LogP contribution in [0.25, 0.3) is 0 Å². The minimum Gasteiger partial charge on any atom is -0.337 e. The summed E-state index contributed by atoms with van der Waals surface area (Å²) in [6, 6.07) is 7.98. The van der Waals surface area contributed by atoms with Crippen molar-refractivity contribution < 1.29 is 22.8 Å². The lowest BCUT2D eigenvalue weighted by molar-refractivity contribution is -0.140. The van der Waals surface area contributed by atoms with E-state index in [4.69, 9.17) is 0 Å². The van der Waals surface area contributed by atoms with Crippen LogP contribution in [0.5, 0.6) is 0 Å². The number of rotatable bonds is 8. The summed E-state index contributed by atoms with van der Waals surface area (Å²) in [6.07, 6.45) is 2.32. The molecule has 2 aliphatic rings. The summed E-state index contributed by atoms with van der Waals surface area (Å²) in [5.74, 6) is -0.854. The van der Waals surface area contributed by atoms with Crippen LogP contribution < -0.4 is 5.32 Å². The number of sulfone groups is 1. The lowest BCUT2D eigenvalue weighted by atomic mass is 9.87. The Hall–Kier alpha value is -2.42. The topological polar surface area (TPSA) is 104 Å². The summed E-state index contributed by atoms with van der Waals surface area (Å²) in [7, 11) is -3.16. The SMILES string of the molecule is CCCCN(C(=O)CN1C(=O)NC(CC)(c2ccccc2)C1=O)C1CCS(=O)(=O)C1. The molecule has 164 valence electrons. The van der Waals surface area contributed by atoms with Gasteiger partial charge in [-0.15, -0.1) is 0 Å². The zero-order valence-electron chi connectivity index (χ0n) is 17.5. The van der Waals surface area contributed by atoms with Crippen molar-refractivity contribution in [1.29, 1.82) is 0 Å². The third-order valence-corrected chi connectivity index (χ3v) is 7.74. The van der Waals surface area contributed by atoms with Gasteiger partial charge in [0, 0.05) is 12.6 Å². The van der Waals surface area contributed by atoms with E-state index in [9.17, 15) is 22.8 Å². The monoisotopic (exact) mass is 435 g/mol. The van der Waals surface area contributed by atoms with Crippen molar-refractivity contribution in [3.05, 3.63) is 35.9 Å². The van der Waals surface area contributed by atoms with E-state index in [1.54, 1.807) is 29.2 Å². The molecular formula is C21H29N3O5S. The maximum Gasteiger partial charge on any atom is 0.325 e. The summed E-state index contributed by atoms with van der Waals surface area (Å²) < 4.78 is 23.8. The van der Waals surface area contributed by atoms with Gasteiger partial charge < -0.3 is 10.2 Å². The smallest absolute Gasteiger partial charge is 0.325 e. The van der Waals surface area contributed by atoms with Crippen LogP contribution in [0, 0.1) is 0 Å². The number of amides is 4. The number of benzene rings is 1. The van der Waals surface area contributed by atoms with Crippen molar-refractivity contribution in [2.45, 2.75) is 51.1 Å². The lowest BCUT2D eigenvalue weighted by Gasteiger charge is -2.30. The third kappa shape index (κ3) is 4.21. The van der Waals surface area contributed by atoms with E-state index in [2.05, 4.69) is 5.32 Å². The molecule has 1 aromatic carbocycles. The molecule has 2 heterocycles. The van der Waals surface area contributed by atoms with Crippen LogP contribution >= 0.6 is 0 Å². The highest BCUT2D eigenvalue weighted by atomic mass is 32.2. The summed E-state index contributed by atoms with van der Waals surface area (Å²) in [5.41, 5.74) is -0.519. The second-order valence-electron chi connectivity index (χ2n) is 7.94. The highest BCUT2D eigenvalue weighted by molar-refractivity contribution is 7.91. The number of hydrogen-bond donors (Lipinski definition) is 1. The molecule has 0 saturated carbocycles. The average molecular weight is 436 g/mol. The van der Waals surface area contributed by atoms with Crippen LogP contribution in [-0.4, -0.2) is 66.7 Å². The van der Waals surface area contributed by atoms with Gasteiger partial charge in [-0.25, -0.2) is 13.2 Å². The fourth-order valence-corrected chi connectivity index (χ4v) is 5.95. The number of carbonyl (C=O) groups is 3. The first-order valence-electron chi connectivity index (χ1n) is 10.4. The van der Waals surface area contributed by atoms with Crippen LogP contribution in [-0.2, 0) is 25.0 Å². The number of nitrogens with zero attached hydrogens (tertiary/aromatic N) is 2. The fourth-order valence-electron chi connectivity index (χ4n) is 4.22. The Labute approximate surface area is 177 Å². The molecule has 0 radical (unpaired) electrons. The number of imide groups is 1. The van der Waals surface area contributed by atoms with E-state index in [0.717, 1.165) is 17.7 Å². The first kappa shape index (κ1) is 22.3. The van der Waals surface area contributed by atoms with E-state index in [0.29, 0.717) is 24.9 Å². The van der Waals surface area contributed by atoms with Gasteiger partial charge in [-0.05, 0) is 24.8 Å². The molecule has 9 heteroatoms. The Morgan fingerprint density at radius 1 is 1.23 bits per heavy atom. The quantitative estimate of drug-likeness (QED) is 0.626. The van der Waals surface area contributed by atoms with E-state index >= 15 is 0 Å². The van der Waals surface area contributed by atoms with Crippen LogP contribution in [0.15, 0.2) is 30.3 Å². The second-order valence-corrected chi connectivity index (χ2v) is 10.2. The fraction of sp³-hybridized carbons (Fsp3) is 0.571. The summed E-state index contributed by atoms with van der Waals surface area (Å²) in [6.45, 7) is 3.82. The summed E-state index contributed by atoms with van der Waals surface area (Å²) in [5, 5.41) is 2.77. The molecule has 2 atom stereocenters. The Balaban J connectivity index is 1.80. The largest absolute Gasteiger partial charge is 0.337 e. The number of hydrogen-bond acceptors (Lipinski definition) is 5. The third-order valence-electron chi connectivity index (χ3n) is 5.99. The van der Waals surface area contributed by atoms with E-state index in [1.165, 1.54) is 0 Å². The number of nitrogens with one attached hydrogen (secondary N) is 1. The van der Waals surface area contributed by atoms with Gasteiger partial charge in [0.05, 0.1) is 11.5 Å². The van der Waals surface area contributed by atoms with Gasteiger partial charge in [0.1, 0.15) is 12.1 Å². The summed E-state index contributed by atoms with van der Waals surface area (Å²) >= 11 is 0. The molecule has 1 N–H and O–H groups in total. The summed E-state index contributed by atoms with van der Waals surface area (Å²) in [4.78, 5) is 41.5. The van der Waals surface area contributed by atoms with Crippen molar-refractivity contribution in [3.8, 4) is 0 Å². The zero-order valence-corrected chi connectivity index (χ0v) is 18.3. The molecule has 1 aromatic rings. The van der Waals surface area contributed by atoms with E-state index in [-0.39, 0.29) is 18.1 Å². The molecule has 2 fully saturated rings. The first-order valence-corrected chi connectivity index (χ1v) is 12.3. The van der Waals surface area contributed by atoms with Crippen molar-refractivity contribution in [1.82, 2.24) is 15.1 Å². The maximum atomic E-state index is 13.2. The normalized spacial score (nSPS) is 25.4. The Morgan fingerprint density at radius 3 is 2.50 bits per heavy atom. The molecular weight excluding hydrogens is 406 g/mol. The Morgan fingerprint density at radius 2 is 1.93 bits per heavy atom. The molecule has 3 rings (SSSR count). The molecule has 0 spiro atoms. The number of unbranched alkanes of at least 4 members (excludes halogenated alkanes) is 1. The molecule has 30 heavy (non-hydrogen) atoms. The second kappa shape index (κ2) is 8.75. The van der Waals surface area contributed by atoms with Crippen molar-refractivity contribution in [3.63, 3.8) is 0 Å². The number of urea groups is 1. The first-order chi connectivity index (χ1) is 14.2. The minimum absolute atomic E-state index is 0.0592. The van der Waals surface area contributed by atoms with Gasteiger partial charge in [-0.1, -0.05) is 50.6 Å². The molecule has 0 aliphatic carbocycles. The van der Waals surface area contributed by atoms with Gasteiger partial charge in [0.2, 0.25) is 5.91 Å². The van der Waals surface area contributed by atoms with Crippen molar-refractivity contribution in [2.24, 2.45) is 0 Å². The molecule has 0 aromatic heterocycles. The molecule has 4 amide bonds. The van der Waals surface area contributed by atoms with Crippen LogP contribution in [0.1, 0.15) is 45.1 Å². The standard InChI is InChI=1S/C21H29N3O5S/c1-3-5-12-23(17-11-13-30(28,29)15-17)18(25)14-24-19(26)21(4-2,22-20(24)27)16-9-7-6-8-10-16/h6-10,17H,3-5,11-15H2,1-2H3,(H,22,27). The Bertz CT molecular complexity index is 918. The Kier molecular flexibility index (Phi) is 6.50. The molecule has 8 nitrogen and oxygen atoms in total. The van der Waals surface area contributed by atoms with E-state index < -0.39 is 39.3 Å². The molecule has 2 aliphatic heterocycles. The molecule has 2 unspecified atom stereocenters. The van der Waals surface area contributed by atoms with Gasteiger partial charge in [-0.3, -0.25) is 14.5 Å². The lowest BCUT2D eigenvalue weighted by Crippen LogP contribution is -2.49. The molecule has 0 bridgehead atoms. The average Bonchev–Trinajstić information content (AvgIpc) is 3.20. The van der Waals surface area contributed by atoms with Crippen LogP contribution in [0.2, 0.25) is 0 Å². The van der Waals surface area contributed by atoms with Crippen LogP contribution in [0.3, 0.4) is 0 Å². The minimum atomic E-state index is -3.16. The molecule has 2 saturated heterocycles. The van der Waals surface area contributed by atoms with Gasteiger partial charge >= 0.3 is 6.03 Å². The van der Waals surface area contributed by atoms with Gasteiger partial charge in [-0.2, -0.15) is 0 Å². The van der Waals surface area contributed by atoms with Gasteiger partial charge in [0.25, 0.3) is 5.91 Å². The maximum absolute atomic E-state index is 13.2. The predicted octanol–water partition coefficient (Wildman–Crippen LogP) is 1.66. The highest BCUT2D eigenvalue weighted by Gasteiger charge is 2.52. The number of carbonyl (C=O) groups excluding carboxylic acids is 3. The van der Waals surface area contributed by atoms with Crippen molar-refractivity contribution in [2.75, 3.05) is 24.6 Å². The highest BCUT2D eigenvalue weighted by Crippen LogP contribution is 2.32. The predicted molar refractivity (Wildman–Crippen MR) is 112 cm³/mol. The van der Waals surface area contributed by atoms with Crippen molar-refractivity contribution >= 4 is 27.7 Å².